The monoisotopic (exact) mass is 326 g/mol. The first kappa shape index (κ1) is 15.1. The highest BCUT2D eigenvalue weighted by Gasteiger charge is 2.17. The van der Waals surface area contributed by atoms with Crippen LogP contribution in [0.15, 0.2) is 54.9 Å². The van der Waals surface area contributed by atoms with Gasteiger partial charge in [0, 0.05) is 30.7 Å². The number of benzene rings is 2. The number of halogens is 1. The maximum absolute atomic E-state index is 12.5. The van der Waals surface area contributed by atoms with Gasteiger partial charge in [-0.25, -0.2) is 4.98 Å². The van der Waals surface area contributed by atoms with Gasteiger partial charge in [-0.15, -0.1) is 0 Å². The van der Waals surface area contributed by atoms with Crippen molar-refractivity contribution in [3.05, 3.63) is 71.3 Å². The molecule has 2 aromatic carbocycles. The van der Waals surface area contributed by atoms with E-state index in [-0.39, 0.29) is 5.78 Å². The van der Waals surface area contributed by atoms with E-state index in [1.54, 1.807) is 42.2 Å². The van der Waals surface area contributed by atoms with E-state index in [2.05, 4.69) is 10.3 Å². The third-order valence-electron chi connectivity index (χ3n) is 3.48. The summed E-state index contributed by atoms with van der Waals surface area (Å²) in [7, 11) is 1.77. The number of nitrogens with two attached hydrogens (primary N) is 1. The topological polar surface area (TPSA) is 72.9 Å². The Balaban J connectivity index is 1.88. The summed E-state index contributed by atoms with van der Waals surface area (Å²) in [6, 6.07) is 12.6. The first-order valence-electron chi connectivity index (χ1n) is 6.99. The highest BCUT2D eigenvalue weighted by Crippen LogP contribution is 2.27. The lowest BCUT2D eigenvalue weighted by molar-refractivity contribution is 0.102. The summed E-state index contributed by atoms with van der Waals surface area (Å²) in [6.07, 6.45) is 3.30. The number of hydrogen-bond donors (Lipinski definition) is 2. The van der Waals surface area contributed by atoms with Crippen LogP contribution in [0.3, 0.4) is 0 Å². The Labute approximate surface area is 138 Å². The minimum Gasteiger partial charge on any atom is -0.397 e. The second kappa shape index (κ2) is 6.14. The van der Waals surface area contributed by atoms with Crippen LogP contribution >= 0.6 is 11.6 Å². The van der Waals surface area contributed by atoms with Crippen LogP contribution in [0.4, 0.5) is 17.1 Å². The van der Waals surface area contributed by atoms with E-state index in [0.717, 1.165) is 11.4 Å². The number of anilines is 3. The smallest absolute Gasteiger partial charge is 0.229 e. The molecule has 0 saturated heterocycles. The molecule has 5 nitrogen and oxygen atoms in total. The molecular weight excluding hydrogens is 312 g/mol. The minimum atomic E-state index is -0.215. The molecule has 3 rings (SSSR count). The number of nitrogens with zero attached hydrogens (tertiary/aromatic N) is 2. The van der Waals surface area contributed by atoms with Crippen LogP contribution in [0.5, 0.6) is 0 Å². The van der Waals surface area contributed by atoms with E-state index in [1.165, 1.54) is 0 Å². The van der Waals surface area contributed by atoms with Gasteiger partial charge in [0.05, 0.1) is 16.4 Å². The summed E-state index contributed by atoms with van der Waals surface area (Å²) in [6.45, 7) is 0. The van der Waals surface area contributed by atoms with Crippen molar-refractivity contribution in [3.63, 3.8) is 0 Å². The normalized spacial score (nSPS) is 10.5. The van der Waals surface area contributed by atoms with Gasteiger partial charge in [-0.2, -0.15) is 0 Å². The summed E-state index contributed by atoms with van der Waals surface area (Å²) in [5.74, 6) is 0.133. The zero-order valence-corrected chi connectivity index (χ0v) is 13.2. The molecule has 0 unspecified atom stereocenters. The fourth-order valence-electron chi connectivity index (χ4n) is 2.25. The predicted molar refractivity (Wildman–Crippen MR) is 92.2 cm³/mol. The molecule has 1 heterocycles. The third kappa shape index (κ3) is 3.05. The Bertz CT molecular complexity index is 873. The van der Waals surface area contributed by atoms with Crippen molar-refractivity contribution in [1.29, 1.82) is 0 Å². The van der Waals surface area contributed by atoms with Crippen molar-refractivity contribution in [2.75, 3.05) is 11.1 Å². The number of rotatable bonds is 4. The van der Waals surface area contributed by atoms with E-state index in [1.807, 2.05) is 24.3 Å². The van der Waals surface area contributed by atoms with E-state index in [4.69, 9.17) is 17.3 Å². The highest BCUT2D eigenvalue weighted by molar-refractivity contribution is 6.35. The van der Waals surface area contributed by atoms with Gasteiger partial charge >= 0.3 is 0 Å². The number of carbonyl (C=O) groups excluding carboxylic acids is 1. The van der Waals surface area contributed by atoms with E-state index < -0.39 is 0 Å². The number of carbonyl (C=O) groups is 1. The van der Waals surface area contributed by atoms with Crippen molar-refractivity contribution in [3.8, 4) is 0 Å². The van der Waals surface area contributed by atoms with Gasteiger partial charge in [-0.3, -0.25) is 4.79 Å². The van der Waals surface area contributed by atoms with Crippen LogP contribution in [-0.4, -0.2) is 15.3 Å². The number of nitrogen functional groups attached to an aromatic ring is 1. The summed E-state index contributed by atoms with van der Waals surface area (Å²) < 4.78 is 1.66. The van der Waals surface area contributed by atoms with Crippen molar-refractivity contribution < 1.29 is 4.79 Å². The molecule has 23 heavy (non-hydrogen) atoms. The number of ketones is 1. The molecule has 116 valence electrons. The summed E-state index contributed by atoms with van der Waals surface area (Å²) in [5.41, 5.74) is 8.49. The molecule has 0 aliphatic rings. The summed E-state index contributed by atoms with van der Waals surface area (Å²) in [4.78, 5) is 16.5. The molecular formula is C17H15ClN4O. The number of hydrogen-bond acceptors (Lipinski definition) is 4. The van der Waals surface area contributed by atoms with Crippen LogP contribution in [0.2, 0.25) is 5.02 Å². The second-order valence-corrected chi connectivity index (χ2v) is 5.50. The van der Waals surface area contributed by atoms with Gasteiger partial charge < -0.3 is 15.6 Å². The van der Waals surface area contributed by atoms with Crippen LogP contribution in [0.25, 0.3) is 0 Å². The maximum Gasteiger partial charge on any atom is 0.229 e. The molecule has 0 bridgehead atoms. The zero-order valence-electron chi connectivity index (χ0n) is 12.5. The third-order valence-corrected chi connectivity index (χ3v) is 3.79. The van der Waals surface area contributed by atoms with Gasteiger partial charge in [0.25, 0.3) is 0 Å². The molecule has 3 N–H and O–H groups in total. The van der Waals surface area contributed by atoms with Crippen molar-refractivity contribution in [1.82, 2.24) is 9.55 Å². The van der Waals surface area contributed by atoms with E-state index in [9.17, 15) is 4.79 Å². The second-order valence-electron chi connectivity index (χ2n) is 5.10. The molecule has 0 saturated carbocycles. The van der Waals surface area contributed by atoms with Gasteiger partial charge in [-0.1, -0.05) is 23.7 Å². The SMILES string of the molecule is Cn1ccnc1C(=O)c1ccc(Nc2ccccc2N)cc1Cl. The van der Waals surface area contributed by atoms with Crippen molar-refractivity contribution in [2.24, 2.45) is 7.05 Å². The van der Waals surface area contributed by atoms with Gasteiger partial charge in [-0.05, 0) is 30.3 Å². The average molecular weight is 327 g/mol. The lowest BCUT2D eigenvalue weighted by Gasteiger charge is -2.11. The molecule has 0 fully saturated rings. The predicted octanol–water partition coefficient (Wildman–Crippen LogP) is 3.63. The minimum absolute atomic E-state index is 0.215. The molecule has 0 amide bonds. The van der Waals surface area contributed by atoms with Crippen LogP contribution in [-0.2, 0) is 7.05 Å². The van der Waals surface area contributed by atoms with E-state index in [0.29, 0.717) is 22.1 Å². The van der Waals surface area contributed by atoms with Crippen LogP contribution in [0, 0.1) is 0 Å². The Kier molecular flexibility index (Phi) is 4.04. The molecule has 3 aromatic rings. The Hall–Kier alpha value is -2.79. The number of aromatic nitrogens is 2. The quantitative estimate of drug-likeness (QED) is 0.567. The van der Waals surface area contributed by atoms with E-state index >= 15 is 0 Å². The molecule has 6 heteroatoms. The molecule has 0 atom stereocenters. The molecule has 1 aromatic heterocycles. The summed E-state index contributed by atoms with van der Waals surface area (Å²) in [5, 5.41) is 3.54. The molecule has 0 aliphatic carbocycles. The standard InChI is InChI=1S/C17H15ClN4O/c1-22-9-8-20-17(22)16(23)12-7-6-11(10-13(12)18)21-15-5-3-2-4-14(15)19/h2-10,21H,19H2,1H3. The Morgan fingerprint density at radius 1 is 1.26 bits per heavy atom. The van der Waals surface area contributed by atoms with Gasteiger partial charge in [0.1, 0.15) is 0 Å². The molecule has 0 aliphatic heterocycles. The Morgan fingerprint density at radius 3 is 2.70 bits per heavy atom. The first-order valence-corrected chi connectivity index (χ1v) is 7.37. The van der Waals surface area contributed by atoms with Crippen LogP contribution < -0.4 is 11.1 Å². The van der Waals surface area contributed by atoms with Crippen molar-refractivity contribution in [2.45, 2.75) is 0 Å². The average Bonchev–Trinajstić information content (AvgIpc) is 2.95. The number of aryl methyl sites for hydroxylation is 1. The first-order chi connectivity index (χ1) is 11.1. The fraction of sp³-hybridized carbons (Fsp3) is 0.0588. The van der Waals surface area contributed by atoms with Crippen LogP contribution in [0.1, 0.15) is 16.2 Å². The number of para-hydroxylation sites is 2. The Morgan fingerprint density at radius 2 is 2.04 bits per heavy atom. The van der Waals surface area contributed by atoms with Gasteiger partial charge in [0.2, 0.25) is 5.78 Å². The maximum atomic E-state index is 12.5. The lowest BCUT2D eigenvalue weighted by Crippen LogP contribution is -2.09. The highest BCUT2D eigenvalue weighted by atomic mass is 35.5. The largest absolute Gasteiger partial charge is 0.397 e. The lowest BCUT2D eigenvalue weighted by atomic mass is 10.1. The molecule has 0 radical (unpaired) electrons. The number of imidazole rings is 1. The molecule has 0 spiro atoms. The fourth-order valence-corrected chi connectivity index (χ4v) is 2.51. The van der Waals surface area contributed by atoms with Crippen molar-refractivity contribution >= 4 is 34.4 Å². The zero-order chi connectivity index (χ0) is 16.4. The summed E-state index contributed by atoms with van der Waals surface area (Å²) >= 11 is 6.27. The van der Waals surface area contributed by atoms with Gasteiger partial charge in [0.15, 0.2) is 5.82 Å². The number of nitrogens with one attached hydrogen (secondary N) is 1.